The highest BCUT2D eigenvalue weighted by atomic mass is 16.4. The Morgan fingerprint density at radius 2 is 1.43 bits per heavy atom. The summed E-state index contributed by atoms with van der Waals surface area (Å²) in [7, 11) is 0. The Labute approximate surface area is 204 Å². The monoisotopic (exact) mass is 495 g/mol. The molecule has 12 heteroatoms. The van der Waals surface area contributed by atoms with Gasteiger partial charge in [-0.05, 0) is 38.8 Å². The second-order valence-corrected chi connectivity index (χ2v) is 8.43. The smallest absolute Gasteiger partial charge is 0.328 e. The first-order chi connectivity index (χ1) is 16.5. The number of unbranched alkanes of at least 4 members (excludes halogenated alkanes) is 1. The van der Waals surface area contributed by atoms with Crippen LogP contribution in [0.25, 0.3) is 0 Å². The Morgan fingerprint density at radius 1 is 0.857 bits per heavy atom. The lowest BCUT2D eigenvalue weighted by Crippen LogP contribution is -2.61. The lowest BCUT2D eigenvalue weighted by atomic mass is 10.0. The Balaban J connectivity index is 3.03. The molecule has 35 heavy (non-hydrogen) atoms. The Kier molecular flexibility index (Phi) is 12.9. The number of rotatable bonds is 15. The number of nitrogens with one attached hydrogen (secondary N) is 3. The van der Waals surface area contributed by atoms with Crippen molar-refractivity contribution in [3.05, 3.63) is 35.9 Å². The minimum Gasteiger partial charge on any atom is -0.480 e. The van der Waals surface area contributed by atoms with Crippen LogP contribution in [-0.2, 0) is 25.6 Å². The molecule has 1 aromatic carbocycles. The van der Waals surface area contributed by atoms with Gasteiger partial charge in [0.05, 0.1) is 18.2 Å². The highest BCUT2D eigenvalue weighted by molar-refractivity contribution is 5.94. The van der Waals surface area contributed by atoms with E-state index in [0.717, 1.165) is 5.56 Å². The van der Waals surface area contributed by atoms with Gasteiger partial charge in [-0.15, -0.1) is 0 Å². The fourth-order valence-electron chi connectivity index (χ4n) is 3.27. The molecular weight excluding hydrogens is 458 g/mol. The number of nitrogens with two attached hydrogens (primary N) is 2. The molecule has 0 bridgehead atoms. The van der Waals surface area contributed by atoms with Crippen LogP contribution >= 0.6 is 0 Å². The van der Waals surface area contributed by atoms with Gasteiger partial charge in [-0.25, -0.2) is 4.79 Å². The van der Waals surface area contributed by atoms with E-state index in [0.29, 0.717) is 25.8 Å². The van der Waals surface area contributed by atoms with Gasteiger partial charge in [0.2, 0.25) is 17.7 Å². The van der Waals surface area contributed by atoms with Crippen LogP contribution in [0.5, 0.6) is 0 Å². The van der Waals surface area contributed by atoms with Crippen molar-refractivity contribution in [3.63, 3.8) is 0 Å². The summed E-state index contributed by atoms with van der Waals surface area (Å²) in [4.78, 5) is 49.6. The van der Waals surface area contributed by atoms with Gasteiger partial charge in [0.25, 0.3) is 0 Å². The zero-order valence-electron chi connectivity index (χ0n) is 20.0. The predicted octanol–water partition coefficient (Wildman–Crippen LogP) is -2.01. The Morgan fingerprint density at radius 3 is 1.94 bits per heavy atom. The SMILES string of the molecule is CC(O)C(NC(=O)C(NC(=O)C(Cc1ccccc1)NC(=O)C(N)CCCCN)C(C)O)C(=O)O. The maximum absolute atomic E-state index is 13.1. The number of aliphatic hydroxyl groups is 2. The summed E-state index contributed by atoms with van der Waals surface area (Å²) in [6, 6.07) is 3.64. The number of carbonyl (C=O) groups excluding carboxylic acids is 3. The van der Waals surface area contributed by atoms with Gasteiger partial charge in [-0.1, -0.05) is 36.8 Å². The van der Waals surface area contributed by atoms with Crippen LogP contribution in [0.1, 0.15) is 38.7 Å². The van der Waals surface area contributed by atoms with Crippen LogP contribution < -0.4 is 27.4 Å². The highest BCUT2D eigenvalue weighted by Gasteiger charge is 2.34. The van der Waals surface area contributed by atoms with E-state index in [-0.39, 0.29) is 6.42 Å². The third-order valence-corrected chi connectivity index (χ3v) is 5.33. The fourth-order valence-corrected chi connectivity index (χ4v) is 3.27. The molecule has 0 saturated carbocycles. The zero-order chi connectivity index (χ0) is 26.5. The normalized spacial score (nSPS) is 16.2. The number of carbonyl (C=O) groups is 4. The standard InChI is InChI=1S/C23H37N5O7/c1-13(29)18(22(33)28-19(14(2)30)23(34)35)27-21(32)17(12-15-8-4-3-5-9-15)26-20(31)16(25)10-6-7-11-24/h3-5,8-9,13-14,16-19,29-30H,6-7,10-12,24-25H2,1-2H3,(H,26,31)(H,27,32)(H,28,33)(H,34,35). The van der Waals surface area contributed by atoms with Crippen molar-refractivity contribution >= 4 is 23.7 Å². The molecule has 0 aliphatic carbocycles. The topological polar surface area (TPSA) is 217 Å². The van der Waals surface area contributed by atoms with Crippen LogP contribution in [0.3, 0.4) is 0 Å². The number of amides is 3. The average molecular weight is 496 g/mol. The van der Waals surface area contributed by atoms with Crippen LogP contribution in [0.2, 0.25) is 0 Å². The van der Waals surface area contributed by atoms with Gasteiger partial charge < -0.3 is 42.7 Å². The molecule has 0 radical (unpaired) electrons. The first-order valence-electron chi connectivity index (χ1n) is 11.5. The lowest BCUT2D eigenvalue weighted by molar-refractivity contribution is -0.146. The molecule has 12 nitrogen and oxygen atoms in total. The van der Waals surface area contributed by atoms with Crippen molar-refractivity contribution in [2.45, 2.75) is 75.9 Å². The van der Waals surface area contributed by atoms with Gasteiger partial charge in [-0.2, -0.15) is 0 Å². The molecular formula is C23H37N5O7. The van der Waals surface area contributed by atoms with E-state index in [1.54, 1.807) is 30.3 Å². The largest absolute Gasteiger partial charge is 0.480 e. The van der Waals surface area contributed by atoms with E-state index in [1.165, 1.54) is 13.8 Å². The number of hydrogen-bond donors (Lipinski definition) is 8. The van der Waals surface area contributed by atoms with Gasteiger partial charge >= 0.3 is 5.97 Å². The molecule has 0 aliphatic heterocycles. The maximum atomic E-state index is 13.1. The summed E-state index contributed by atoms with van der Waals surface area (Å²) in [6.07, 6.45) is -1.05. The Bertz CT molecular complexity index is 835. The van der Waals surface area contributed by atoms with Crippen LogP contribution in [-0.4, -0.2) is 81.9 Å². The van der Waals surface area contributed by atoms with Crippen LogP contribution in [0.15, 0.2) is 30.3 Å². The number of aliphatic carboxylic acids is 1. The average Bonchev–Trinajstić information content (AvgIpc) is 2.80. The van der Waals surface area contributed by atoms with Crippen molar-refractivity contribution in [2.24, 2.45) is 11.5 Å². The molecule has 196 valence electrons. The van der Waals surface area contributed by atoms with Crippen LogP contribution in [0.4, 0.5) is 0 Å². The molecule has 6 unspecified atom stereocenters. The summed E-state index contributed by atoms with van der Waals surface area (Å²) in [6.45, 7) is 2.88. The summed E-state index contributed by atoms with van der Waals surface area (Å²) < 4.78 is 0. The third-order valence-electron chi connectivity index (χ3n) is 5.33. The maximum Gasteiger partial charge on any atom is 0.328 e. The fraction of sp³-hybridized carbons (Fsp3) is 0.565. The lowest BCUT2D eigenvalue weighted by Gasteiger charge is -2.27. The molecule has 0 aliphatic rings. The number of carboxylic acids is 1. The predicted molar refractivity (Wildman–Crippen MR) is 128 cm³/mol. The second kappa shape index (κ2) is 15.0. The number of hydrogen-bond acceptors (Lipinski definition) is 8. The number of aliphatic hydroxyl groups excluding tert-OH is 2. The molecule has 0 fully saturated rings. The summed E-state index contributed by atoms with van der Waals surface area (Å²) in [5, 5.41) is 35.9. The first-order valence-corrected chi connectivity index (χ1v) is 11.5. The molecule has 10 N–H and O–H groups in total. The van der Waals surface area contributed by atoms with Gasteiger partial charge in [0, 0.05) is 6.42 Å². The highest BCUT2D eigenvalue weighted by Crippen LogP contribution is 2.07. The molecule has 3 amide bonds. The summed E-state index contributed by atoms with van der Waals surface area (Å²) >= 11 is 0. The van der Waals surface area contributed by atoms with E-state index in [2.05, 4.69) is 16.0 Å². The third kappa shape index (κ3) is 10.4. The molecule has 1 aromatic rings. The molecule has 0 aromatic heterocycles. The van der Waals surface area contributed by atoms with E-state index in [1.807, 2.05) is 0 Å². The van der Waals surface area contributed by atoms with Crippen molar-refractivity contribution in [3.8, 4) is 0 Å². The summed E-state index contributed by atoms with van der Waals surface area (Å²) in [5.74, 6) is -3.83. The summed E-state index contributed by atoms with van der Waals surface area (Å²) in [5.41, 5.74) is 12.1. The molecule has 6 atom stereocenters. The molecule has 0 heterocycles. The Hall–Kier alpha value is -3.06. The van der Waals surface area contributed by atoms with Crippen molar-refractivity contribution < 1.29 is 34.5 Å². The second-order valence-electron chi connectivity index (χ2n) is 8.43. The number of benzene rings is 1. The van der Waals surface area contributed by atoms with E-state index >= 15 is 0 Å². The number of carboxylic acid groups (broad SMARTS) is 1. The first kappa shape index (κ1) is 30.0. The van der Waals surface area contributed by atoms with Crippen LogP contribution in [0, 0.1) is 0 Å². The molecule has 0 saturated heterocycles. The van der Waals surface area contributed by atoms with Crippen molar-refractivity contribution in [1.82, 2.24) is 16.0 Å². The van der Waals surface area contributed by atoms with Gasteiger partial charge in [0.1, 0.15) is 12.1 Å². The van der Waals surface area contributed by atoms with E-state index in [9.17, 15) is 34.5 Å². The molecule has 1 rings (SSSR count). The molecule has 0 spiro atoms. The minimum absolute atomic E-state index is 0.0769. The zero-order valence-corrected chi connectivity index (χ0v) is 20.0. The van der Waals surface area contributed by atoms with E-state index < -0.39 is 60.1 Å². The van der Waals surface area contributed by atoms with Crippen molar-refractivity contribution in [1.29, 1.82) is 0 Å². The minimum atomic E-state index is -1.65. The van der Waals surface area contributed by atoms with E-state index in [4.69, 9.17) is 11.5 Å². The van der Waals surface area contributed by atoms with Gasteiger partial charge in [-0.3, -0.25) is 14.4 Å². The van der Waals surface area contributed by atoms with Crippen molar-refractivity contribution in [2.75, 3.05) is 6.54 Å². The quantitative estimate of drug-likeness (QED) is 0.126. The van der Waals surface area contributed by atoms with Gasteiger partial charge in [0.15, 0.2) is 6.04 Å².